The van der Waals surface area contributed by atoms with Crippen LogP contribution in [-0.2, 0) is 13.1 Å². The Morgan fingerprint density at radius 2 is 1.96 bits per heavy atom. The zero-order valence-electron chi connectivity index (χ0n) is 15.0. The molecule has 0 saturated carbocycles. The Balaban J connectivity index is 1.85. The summed E-state index contributed by atoms with van der Waals surface area (Å²) in [5.41, 5.74) is 3.98. The summed E-state index contributed by atoms with van der Waals surface area (Å²) < 4.78 is 2.98. The highest BCUT2D eigenvalue weighted by Gasteiger charge is 2.23. The summed E-state index contributed by atoms with van der Waals surface area (Å²) in [5.74, 6) is 1.46. The largest absolute Gasteiger partial charge is 0.314 e. The number of rotatable bonds is 5. The van der Waals surface area contributed by atoms with Crippen molar-refractivity contribution in [3.05, 3.63) is 75.8 Å². The van der Waals surface area contributed by atoms with Crippen LogP contribution in [0, 0.1) is 0 Å². The third-order valence-electron chi connectivity index (χ3n) is 4.48. The Kier molecular flexibility index (Phi) is 5.15. The molecule has 138 valence electrons. The molecule has 0 atom stereocenters. The number of halogens is 1. The van der Waals surface area contributed by atoms with Gasteiger partial charge in [0.25, 0.3) is 0 Å². The molecule has 0 fully saturated rings. The molecule has 6 nitrogen and oxygen atoms in total. The molecule has 3 aromatic rings. The lowest BCUT2D eigenvalue weighted by Crippen LogP contribution is -2.22. The molecule has 27 heavy (non-hydrogen) atoms. The summed E-state index contributed by atoms with van der Waals surface area (Å²) in [5, 5.41) is 20.1. The minimum atomic E-state index is 0.313. The van der Waals surface area contributed by atoms with Gasteiger partial charge in [-0.25, -0.2) is 0 Å². The average Bonchev–Trinajstić information content (AvgIpc) is 2.98. The molecular weight excluding hydrogens is 406 g/mol. The molecule has 1 aromatic heterocycles. The minimum Gasteiger partial charge on any atom is -0.314 e. The third-order valence-corrected chi connectivity index (χ3v) is 4.98. The predicted molar refractivity (Wildman–Crippen MR) is 107 cm³/mol. The maximum absolute atomic E-state index is 10.1. The van der Waals surface area contributed by atoms with E-state index in [2.05, 4.69) is 50.4 Å². The SMILES string of the molecule is CCCN(O)Cc1nnc2n1-c1cc(Br)ccc1C(c1ccccc1)=NC2. The number of aromatic nitrogens is 3. The van der Waals surface area contributed by atoms with Gasteiger partial charge in [0, 0.05) is 22.1 Å². The lowest BCUT2D eigenvalue weighted by Gasteiger charge is -2.17. The van der Waals surface area contributed by atoms with Crippen LogP contribution in [0.5, 0.6) is 0 Å². The van der Waals surface area contributed by atoms with Gasteiger partial charge in [-0.2, -0.15) is 5.06 Å². The van der Waals surface area contributed by atoms with Gasteiger partial charge in [-0.15, -0.1) is 10.2 Å². The second kappa shape index (κ2) is 7.72. The van der Waals surface area contributed by atoms with Crippen molar-refractivity contribution in [3.63, 3.8) is 0 Å². The first-order chi connectivity index (χ1) is 13.2. The number of hydroxylamine groups is 2. The molecule has 1 aliphatic heterocycles. The lowest BCUT2D eigenvalue weighted by atomic mass is 10.0. The van der Waals surface area contributed by atoms with E-state index in [9.17, 15) is 5.21 Å². The number of hydrogen-bond donors (Lipinski definition) is 1. The Hall–Kier alpha value is -2.35. The summed E-state index contributed by atoms with van der Waals surface area (Å²) in [6.45, 7) is 3.36. The van der Waals surface area contributed by atoms with Gasteiger partial charge < -0.3 is 5.21 Å². The van der Waals surface area contributed by atoms with Gasteiger partial charge in [-0.3, -0.25) is 9.56 Å². The van der Waals surface area contributed by atoms with Gasteiger partial charge >= 0.3 is 0 Å². The van der Waals surface area contributed by atoms with Crippen LogP contribution in [0.3, 0.4) is 0 Å². The Morgan fingerprint density at radius 1 is 1.15 bits per heavy atom. The number of nitrogens with zero attached hydrogens (tertiary/aromatic N) is 5. The summed E-state index contributed by atoms with van der Waals surface area (Å²) in [7, 11) is 0. The fourth-order valence-electron chi connectivity index (χ4n) is 3.30. The molecule has 0 amide bonds. The third kappa shape index (κ3) is 3.58. The van der Waals surface area contributed by atoms with E-state index in [4.69, 9.17) is 4.99 Å². The maximum atomic E-state index is 10.1. The average molecular weight is 426 g/mol. The number of fused-ring (bicyclic) bond motifs is 3. The highest BCUT2D eigenvalue weighted by molar-refractivity contribution is 9.10. The van der Waals surface area contributed by atoms with E-state index in [1.807, 2.05) is 35.8 Å². The number of hydrogen-bond acceptors (Lipinski definition) is 5. The van der Waals surface area contributed by atoms with E-state index in [1.165, 1.54) is 5.06 Å². The summed E-state index contributed by atoms with van der Waals surface area (Å²) >= 11 is 3.58. The van der Waals surface area contributed by atoms with Gasteiger partial charge in [0.15, 0.2) is 11.6 Å². The Bertz CT molecular complexity index is 983. The molecule has 0 saturated heterocycles. The second-order valence-electron chi connectivity index (χ2n) is 6.45. The Morgan fingerprint density at radius 3 is 2.74 bits per heavy atom. The smallest absolute Gasteiger partial charge is 0.159 e. The number of benzene rings is 2. The van der Waals surface area contributed by atoms with E-state index < -0.39 is 0 Å². The van der Waals surface area contributed by atoms with Crippen molar-refractivity contribution < 1.29 is 5.21 Å². The number of aliphatic imine (C=N–C) groups is 1. The van der Waals surface area contributed by atoms with E-state index in [1.54, 1.807) is 0 Å². The van der Waals surface area contributed by atoms with Gasteiger partial charge in [0.1, 0.15) is 6.54 Å². The van der Waals surface area contributed by atoms with Gasteiger partial charge in [-0.05, 0) is 24.6 Å². The van der Waals surface area contributed by atoms with E-state index in [0.29, 0.717) is 25.5 Å². The van der Waals surface area contributed by atoms with Crippen molar-refractivity contribution >= 4 is 21.6 Å². The van der Waals surface area contributed by atoms with Crippen molar-refractivity contribution in [1.29, 1.82) is 0 Å². The molecule has 0 bridgehead atoms. The predicted octanol–water partition coefficient (Wildman–Crippen LogP) is 3.98. The topological polar surface area (TPSA) is 66.5 Å². The second-order valence-corrected chi connectivity index (χ2v) is 7.36. The molecule has 0 aliphatic carbocycles. The van der Waals surface area contributed by atoms with Crippen molar-refractivity contribution in [2.45, 2.75) is 26.4 Å². The molecule has 2 heterocycles. The van der Waals surface area contributed by atoms with Gasteiger partial charge in [0.2, 0.25) is 0 Å². The molecule has 2 aromatic carbocycles. The van der Waals surface area contributed by atoms with Crippen molar-refractivity contribution in [1.82, 2.24) is 19.8 Å². The van der Waals surface area contributed by atoms with Crippen LogP contribution >= 0.6 is 15.9 Å². The zero-order valence-corrected chi connectivity index (χ0v) is 16.6. The van der Waals surface area contributed by atoms with Crippen molar-refractivity contribution in [2.24, 2.45) is 4.99 Å². The fourth-order valence-corrected chi connectivity index (χ4v) is 3.65. The fraction of sp³-hybridized carbons (Fsp3) is 0.250. The van der Waals surface area contributed by atoms with Gasteiger partial charge in [-0.1, -0.05) is 53.2 Å². The first kappa shape index (κ1) is 18.0. The lowest BCUT2D eigenvalue weighted by molar-refractivity contribution is -0.101. The molecule has 1 aliphatic rings. The van der Waals surface area contributed by atoms with Crippen LogP contribution in [0.1, 0.15) is 36.1 Å². The molecule has 0 unspecified atom stereocenters. The van der Waals surface area contributed by atoms with Gasteiger partial charge in [0.05, 0.1) is 17.9 Å². The van der Waals surface area contributed by atoms with Crippen LogP contribution < -0.4 is 0 Å². The first-order valence-corrected chi connectivity index (χ1v) is 9.74. The Labute approximate surface area is 166 Å². The highest BCUT2D eigenvalue weighted by atomic mass is 79.9. The molecule has 4 rings (SSSR count). The molecular formula is C20H20BrN5O. The summed E-state index contributed by atoms with van der Waals surface area (Å²) in [4.78, 5) is 4.84. The molecule has 0 radical (unpaired) electrons. The summed E-state index contributed by atoms with van der Waals surface area (Å²) in [6, 6.07) is 16.3. The first-order valence-electron chi connectivity index (χ1n) is 8.94. The quantitative estimate of drug-likeness (QED) is 0.627. The highest BCUT2D eigenvalue weighted by Crippen LogP contribution is 2.28. The van der Waals surface area contributed by atoms with Crippen molar-refractivity contribution in [2.75, 3.05) is 6.54 Å². The van der Waals surface area contributed by atoms with E-state index in [-0.39, 0.29) is 0 Å². The monoisotopic (exact) mass is 425 g/mol. The maximum Gasteiger partial charge on any atom is 0.159 e. The van der Waals surface area contributed by atoms with Crippen LogP contribution in [0.2, 0.25) is 0 Å². The minimum absolute atomic E-state index is 0.313. The van der Waals surface area contributed by atoms with E-state index in [0.717, 1.165) is 39.2 Å². The molecule has 7 heteroatoms. The normalized spacial score (nSPS) is 13.1. The summed E-state index contributed by atoms with van der Waals surface area (Å²) in [6.07, 6.45) is 0.862. The standard InChI is InChI=1S/C20H20BrN5O/c1-2-10-25(27)13-19-24-23-18-12-22-20(14-6-4-3-5-7-14)16-9-8-15(21)11-17(16)26(18)19/h3-9,11,27H,2,10,12-13H2,1H3. The zero-order chi connectivity index (χ0) is 18.8. The van der Waals surface area contributed by atoms with Crippen LogP contribution in [0.15, 0.2) is 58.0 Å². The molecule has 1 N–H and O–H groups in total. The van der Waals surface area contributed by atoms with Crippen molar-refractivity contribution in [3.8, 4) is 5.69 Å². The van der Waals surface area contributed by atoms with Crippen LogP contribution in [0.4, 0.5) is 0 Å². The van der Waals surface area contributed by atoms with Crippen LogP contribution in [-0.4, -0.2) is 37.3 Å². The van der Waals surface area contributed by atoms with E-state index >= 15 is 0 Å². The van der Waals surface area contributed by atoms with Crippen LogP contribution in [0.25, 0.3) is 5.69 Å². The molecule has 0 spiro atoms.